The quantitative estimate of drug-likeness (QED) is 0.565. The summed E-state index contributed by atoms with van der Waals surface area (Å²) in [6, 6.07) is 10.4. The molecule has 1 aromatic rings. The predicted molar refractivity (Wildman–Crippen MR) is 64.2 cm³/mol. The SMILES string of the molecule is CC(C(=N)N)N(C)CCc1ccccc1. The van der Waals surface area contributed by atoms with E-state index in [-0.39, 0.29) is 11.9 Å². The van der Waals surface area contributed by atoms with Gasteiger partial charge in [-0.05, 0) is 26.0 Å². The summed E-state index contributed by atoms with van der Waals surface area (Å²) in [6.07, 6.45) is 0.995. The summed E-state index contributed by atoms with van der Waals surface area (Å²) in [6.45, 7) is 2.87. The van der Waals surface area contributed by atoms with Crippen molar-refractivity contribution in [3.05, 3.63) is 35.9 Å². The molecule has 1 unspecified atom stereocenters. The molecule has 0 radical (unpaired) electrons. The number of likely N-dealkylation sites (N-methyl/N-ethyl adjacent to an activating group) is 1. The number of nitrogens with two attached hydrogens (primary N) is 1. The van der Waals surface area contributed by atoms with E-state index in [4.69, 9.17) is 11.1 Å². The number of nitrogens with one attached hydrogen (secondary N) is 1. The molecule has 0 amide bonds. The van der Waals surface area contributed by atoms with Crippen molar-refractivity contribution >= 4 is 5.84 Å². The summed E-state index contributed by atoms with van der Waals surface area (Å²) in [5, 5.41) is 7.35. The maximum Gasteiger partial charge on any atom is 0.108 e. The van der Waals surface area contributed by atoms with Crippen LogP contribution in [0.25, 0.3) is 0 Å². The minimum atomic E-state index is 0.0220. The first-order valence-electron chi connectivity index (χ1n) is 5.19. The molecule has 0 saturated carbocycles. The summed E-state index contributed by atoms with van der Waals surface area (Å²) >= 11 is 0. The topological polar surface area (TPSA) is 53.1 Å². The fourth-order valence-corrected chi connectivity index (χ4v) is 1.38. The van der Waals surface area contributed by atoms with Gasteiger partial charge in [0.1, 0.15) is 5.84 Å². The van der Waals surface area contributed by atoms with Crippen molar-refractivity contribution in [2.45, 2.75) is 19.4 Å². The molecule has 3 nitrogen and oxygen atoms in total. The first-order chi connectivity index (χ1) is 7.11. The smallest absolute Gasteiger partial charge is 0.108 e. The molecule has 15 heavy (non-hydrogen) atoms. The second-order valence-corrected chi connectivity index (χ2v) is 3.85. The lowest BCUT2D eigenvalue weighted by Gasteiger charge is -2.23. The predicted octanol–water partition coefficient (Wildman–Crippen LogP) is 1.49. The Morgan fingerprint density at radius 2 is 2.00 bits per heavy atom. The highest BCUT2D eigenvalue weighted by Crippen LogP contribution is 2.02. The lowest BCUT2D eigenvalue weighted by Crippen LogP contribution is -2.40. The third-order valence-electron chi connectivity index (χ3n) is 2.71. The van der Waals surface area contributed by atoms with Gasteiger partial charge in [0, 0.05) is 6.54 Å². The minimum Gasteiger partial charge on any atom is -0.386 e. The second-order valence-electron chi connectivity index (χ2n) is 3.85. The van der Waals surface area contributed by atoms with Gasteiger partial charge in [-0.3, -0.25) is 10.3 Å². The lowest BCUT2D eigenvalue weighted by molar-refractivity contribution is 0.313. The molecule has 0 aliphatic carbocycles. The molecule has 0 fully saturated rings. The van der Waals surface area contributed by atoms with Crippen molar-refractivity contribution in [3.8, 4) is 0 Å². The fourth-order valence-electron chi connectivity index (χ4n) is 1.38. The summed E-state index contributed by atoms with van der Waals surface area (Å²) in [4.78, 5) is 2.09. The molecule has 3 N–H and O–H groups in total. The number of hydrogen-bond donors (Lipinski definition) is 2. The van der Waals surface area contributed by atoms with Crippen LogP contribution in [0.5, 0.6) is 0 Å². The molecular formula is C12H19N3. The third kappa shape index (κ3) is 3.72. The number of benzene rings is 1. The van der Waals surface area contributed by atoms with Crippen LogP contribution in [0.1, 0.15) is 12.5 Å². The fraction of sp³-hybridized carbons (Fsp3) is 0.417. The summed E-state index contributed by atoms with van der Waals surface area (Å²) in [5.41, 5.74) is 6.77. The molecule has 0 spiro atoms. The molecule has 0 saturated heterocycles. The normalized spacial score (nSPS) is 12.7. The molecule has 1 aromatic carbocycles. The van der Waals surface area contributed by atoms with E-state index in [1.165, 1.54) is 5.56 Å². The molecule has 82 valence electrons. The van der Waals surface area contributed by atoms with Crippen LogP contribution in [0, 0.1) is 5.41 Å². The molecular weight excluding hydrogens is 186 g/mol. The molecule has 1 rings (SSSR count). The standard InChI is InChI=1S/C12H19N3/c1-10(12(13)14)15(2)9-8-11-6-4-3-5-7-11/h3-7,10H,8-9H2,1-2H3,(H3,13,14). The zero-order valence-electron chi connectivity index (χ0n) is 9.40. The largest absolute Gasteiger partial charge is 0.386 e. The highest BCUT2D eigenvalue weighted by atomic mass is 15.1. The summed E-state index contributed by atoms with van der Waals surface area (Å²) in [5.74, 6) is 0.227. The lowest BCUT2D eigenvalue weighted by atomic mass is 10.1. The van der Waals surface area contributed by atoms with Crippen molar-refractivity contribution in [1.29, 1.82) is 5.41 Å². The summed E-state index contributed by atoms with van der Waals surface area (Å²) < 4.78 is 0. The average molecular weight is 205 g/mol. The molecule has 0 aliphatic rings. The van der Waals surface area contributed by atoms with E-state index in [0.717, 1.165) is 13.0 Å². The molecule has 3 heteroatoms. The Morgan fingerprint density at radius 1 is 1.40 bits per heavy atom. The van der Waals surface area contributed by atoms with Crippen molar-refractivity contribution < 1.29 is 0 Å². The van der Waals surface area contributed by atoms with Crippen LogP contribution in [-0.4, -0.2) is 30.4 Å². The van der Waals surface area contributed by atoms with Crippen LogP contribution in [-0.2, 0) is 6.42 Å². The van der Waals surface area contributed by atoms with Crippen LogP contribution < -0.4 is 5.73 Å². The van der Waals surface area contributed by atoms with Gasteiger partial charge in [-0.1, -0.05) is 30.3 Å². The van der Waals surface area contributed by atoms with Crippen LogP contribution in [0.15, 0.2) is 30.3 Å². The number of nitrogens with zero attached hydrogens (tertiary/aromatic N) is 1. The van der Waals surface area contributed by atoms with E-state index >= 15 is 0 Å². The maximum absolute atomic E-state index is 7.35. The van der Waals surface area contributed by atoms with Crippen LogP contribution >= 0.6 is 0 Å². The molecule has 0 heterocycles. The highest BCUT2D eigenvalue weighted by molar-refractivity contribution is 5.82. The van der Waals surface area contributed by atoms with E-state index in [1.54, 1.807) is 0 Å². The van der Waals surface area contributed by atoms with E-state index in [1.807, 2.05) is 32.2 Å². The monoisotopic (exact) mass is 205 g/mol. The number of rotatable bonds is 5. The van der Waals surface area contributed by atoms with Crippen LogP contribution in [0.3, 0.4) is 0 Å². The number of amidine groups is 1. The maximum atomic E-state index is 7.35. The highest BCUT2D eigenvalue weighted by Gasteiger charge is 2.10. The van der Waals surface area contributed by atoms with Gasteiger partial charge in [-0.2, -0.15) is 0 Å². The number of hydrogen-bond acceptors (Lipinski definition) is 2. The van der Waals surface area contributed by atoms with Gasteiger partial charge in [-0.15, -0.1) is 0 Å². The Bertz CT molecular complexity index is 308. The van der Waals surface area contributed by atoms with Gasteiger partial charge < -0.3 is 5.73 Å². The second kappa shape index (κ2) is 5.51. The Hall–Kier alpha value is -1.35. The van der Waals surface area contributed by atoms with Gasteiger partial charge in [0.15, 0.2) is 0 Å². The average Bonchev–Trinajstić information content (AvgIpc) is 2.26. The Labute approximate surface area is 91.4 Å². The van der Waals surface area contributed by atoms with Gasteiger partial charge in [-0.25, -0.2) is 0 Å². The molecule has 0 aliphatic heterocycles. The van der Waals surface area contributed by atoms with E-state index in [9.17, 15) is 0 Å². The van der Waals surface area contributed by atoms with Crippen molar-refractivity contribution in [2.24, 2.45) is 5.73 Å². The summed E-state index contributed by atoms with van der Waals surface area (Å²) in [7, 11) is 2.00. The van der Waals surface area contributed by atoms with E-state index in [0.29, 0.717) is 0 Å². The van der Waals surface area contributed by atoms with Crippen LogP contribution in [0.2, 0.25) is 0 Å². The Kier molecular flexibility index (Phi) is 4.31. The van der Waals surface area contributed by atoms with E-state index < -0.39 is 0 Å². The minimum absolute atomic E-state index is 0.0220. The first kappa shape index (κ1) is 11.7. The molecule has 1 atom stereocenters. The molecule has 0 bridgehead atoms. The van der Waals surface area contributed by atoms with Crippen molar-refractivity contribution in [2.75, 3.05) is 13.6 Å². The zero-order valence-corrected chi connectivity index (χ0v) is 9.40. The third-order valence-corrected chi connectivity index (χ3v) is 2.71. The zero-order chi connectivity index (χ0) is 11.3. The van der Waals surface area contributed by atoms with E-state index in [2.05, 4.69) is 17.0 Å². The van der Waals surface area contributed by atoms with Gasteiger partial charge in [0.2, 0.25) is 0 Å². The van der Waals surface area contributed by atoms with Gasteiger partial charge >= 0.3 is 0 Å². The van der Waals surface area contributed by atoms with Crippen LogP contribution in [0.4, 0.5) is 0 Å². The Balaban J connectivity index is 2.41. The van der Waals surface area contributed by atoms with Gasteiger partial charge in [0.05, 0.1) is 6.04 Å². The Morgan fingerprint density at radius 3 is 2.53 bits per heavy atom. The van der Waals surface area contributed by atoms with Gasteiger partial charge in [0.25, 0.3) is 0 Å². The first-order valence-corrected chi connectivity index (χ1v) is 5.19. The van der Waals surface area contributed by atoms with Crippen molar-refractivity contribution in [1.82, 2.24) is 4.90 Å². The molecule has 0 aromatic heterocycles. The van der Waals surface area contributed by atoms with Crippen molar-refractivity contribution in [3.63, 3.8) is 0 Å².